The first-order valence-corrected chi connectivity index (χ1v) is 7.09. The molecule has 110 valence electrons. The Labute approximate surface area is 119 Å². The van der Waals surface area contributed by atoms with Crippen molar-refractivity contribution in [2.75, 3.05) is 18.4 Å². The summed E-state index contributed by atoms with van der Waals surface area (Å²) in [6.07, 6.45) is 2.37. The average Bonchev–Trinajstić information content (AvgIpc) is 2.37. The van der Waals surface area contributed by atoms with Gasteiger partial charge in [-0.3, -0.25) is 4.79 Å². The Morgan fingerprint density at radius 2 is 2.35 bits per heavy atom. The maximum Gasteiger partial charge on any atom is 0.225 e. The Morgan fingerprint density at radius 1 is 1.55 bits per heavy atom. The molecule has 1 fully saturated rings. The summed E-state index contributed by atoms with van der Waals surface area (Å²) in [4.78, 5) is 14.1. The number of nitrogens with zero attached hydrogens (tertiary/aromatic N) is 1. The lowest BCUT2D eigenvalue weighted by molar-refractivity contribution is -0.116. The minimum absolute atomic E-state index is 0.0855. The van der Waals surface area contributed by atoms with Gasteiger partial charge >= 0.3 is 0 Å². The summed E-state index contributed by atoms with van der Waals surface area (Å²) < 4.78 is 13.0. The molecule has 2 unspecified atom stereocenters. The van der Waals surface area contributed by atoms with Crippen LogP contribution in [0.5, 0.6) is 0 Å². The molecule has 0 bridgehead atoms. The van der Waals surface area contributed by atoms with Gasteiger partial charge in [0, 0.05) is 30.7 Å². The molecule has 1 heterocycles. The minimum atomic E-state index is -0.346. The number of carbonyl (C=O) groups is 1. The smallest absolute Gasteiger partial charge is 0.225 e. The largest absolute Gasteiger partial charge is 0.328 e. The normalized spacial score (nSPS) is 23.6. The molecular weight excluding hydrogens is 257 g/mol. The molecule has 20 heavy (non-hydrogen) atoms. The van der Waals surface area contributed by atoms with Gasteiger partial charge in [0.1, 0.15) is 5.82 Å². The second kappa shape index (κ2) is 6.81. The molecule has 0 radical (unpaired) electrons. The number of likely N-dealkylation sites (tertiary alicyclic amines) is 1. The van der Waals surface area contributed by atoms with Crippen LogP contribution in [-0.2, 0) is 4.79 Å². The number of piperidine rings is 1. The van der Waals surface area contributed by atoms with Crippen molar-refractivity contribution in [3.05, 3.63) is 30.1 Å². The van der Waals surface area contributed by atoms with Crippen LogP contribution in [0.2, 0.25) is 0 Å². The second-order valence-electron chi connectivity index (χ2n) is 5.48. The van der Waals surface area contributed by atoms with E-state index in [2.05, 4.69) is 17.1 Å². The predicted molar refractivity (Wildman–Crippen MR) is 77.9 cm³/mol. The summed E-state index contributed by atoms with van der Waals surface area (Å²) in [7, 11) is 0. The molecule has 1 saturated heterocycles. The number of nitrogens with two attached hydrogens (primary N) is 1. The molecule has 4 nitrogen and oxygen atoms in total. The molecule has 1 amide bonds. The van der Waals surface area contributed by atoms with Gasteiger partial charge in [0.2, 0.25) is 5.91 Å². The third-order valence-electron chi connectivity index (χ3n) is 3.79. The summed E-state index contributed by atoms with van der Waals surface area (Å²) in [5.41, 5.74) is 6.42. The third kappa shape index (κ3) is 4.28. The molecule has 1 aromatic carbocycles. The van der Waals surface area contributed by atoms with Gasteiger partial charge in [-0.15, -0.1) is 0 Å². The second-order valence-corrected chi connectivity index (χ2v) is 5.48. The van der Waals surface area contributed by atoms with E-state index < -0.39 is 0 Å². The summed E-state index contributed by atoms with van der Waals surface area (Å²) in [5.74, 6) is -0.431. The SMILES string of the molecule is CC1CC(N)CCN1CCC(=O)Nc1cccc(F)c1. The number of halogens is 1. The average molecular weight is 279 g/mol. The van der Waals surface area contributed by atoms with Crippen molar-refractivity contribution in [3.63, 3.8) is 0 Å². The number of hydrogen-bond donors (Lipinski definition) is 2. The summed E-state index contributed by atoms with van der Waals surface area (Å²) >= 11 is 0. The van der Waals surface area contributed by atoms with Crippen molar-refractivity contribution in [1.29, 1.82) is 0 Å². The molecule has 0 spiro atoms. The van der Waals surface area contributed by atoms with Gasteiger partial charge in [-0.05, 0) is 44.5 Å². The van der Waals surface area contributed by atoms with Crippen LogP contribution < -0.4 is 11.1 Å². The van der Waals surface area contributed by atoms with E-state index in [4.69, 9.17) is 5.73 Å². The molecule has 0 aromatic heterocycles. The number of amides is 1. The predicted octanol–water partition coefficient (Wildman–Crippen LogP) is 1.97. The maximum absolute atomic E-state index is 13.0. The van der Waals surface area contributed by atoms with E-state index in [0.29, 0.717) is 18.2 Å². The number of rotatable bonds is 4. The quantitative estimate of drug-likeness (QED) is 0.886. The number of anilines is 1. The molecule has 2 atom stereocenters. The van der Waals surface area contributed by atoms with Gasteiger partial charge in [0.15, 0.2) is 0 Å². The van der Waals surface area contributed by atoms with Gasteiger partial charge in [0.05, 0.1) is 0 Å². The van der Waals surface area contributed by atoms with Crippen molar-refractivity contribution in [3.8, 4) is 0 Å². The maximum atomic E-state index is 13.0. The van der Waals surface area contributed by atoms with Gasteiger partial charge in [-0.25, -0.2) is 4.39 Å². The zero-order valence-corrected chi connectivity index (χ0v) is 11.8. The Morgan fingerprint density at radius 3 is 3.05 bits per heavy atom. The fraction of sp³-hybridized carbons (Fsp3) is 0.533. The highest BCUT2D eigenvalue weighted by molar-refractivity contribution is 5.90. The molecule has 0 aliphatic carbocycles. The van der Waals surface area contributed by atoms with Crippen molar-refractivity contribution in [2.45, 2.75) is 38.3 Å². The van der Waals surface area contributed by atoms with Crippen LogP contribution in [-0.4, -0.2) is 36.0 Å². The summed E-state index contributed by atoms with van der Waals surface area (Å²) in [6, 6.07) is 6.64. The zero-order valence-electron chi connectivity index (χ0n) is 11.8. The van der Waals surface area contributed by atoms with Gasteiger partial charge in [0.25, 0.3) is 0 Å². The van der Waals surface area contributed by atoms with E-state index in [1.807, 2.05) is 0 Å². The molecule has 5 heteroatoms. The van der Waals surface area contributed by atoms with Crippen LogP contribution in [0, 0.1) is 5.82 Å². The fourth-order valence-corrected chi connectivity index (χ4v) is 2.62. The Hall–Kier alpha value is -1.46. The van der Waals surface area contributed by atoms with E-state index >= 15 is 0 Å². The monoisotopic (exact) mass is 279 g/mol. The van der Waals surface area contributed by atoms with Crippen molar-refractivity contribution in [1.82, 2.24) is 4.90 Å². The number of benzene rings is 1. The Bertz CT molecular complexity index is 466. The molecule has 2 rings (SSSR count). The molecular formula is C15H22FN3O. The lowest BCUT2D eigenvalue weighted by Crippen LogP contribution is -2.46. The highest BCUT2D eigenvalue weighted by Gasteiger charge is 2.23. The van der Waals surface area contributed by atoms with Crippen molar-refractivity contribution in [2.24, 2.45) is 5.73 Å². The first kappa shape index (κ1) is 14.9. The number of carbonyl (C=O) groups excluding carboxylic acids is 1. The van der Waals surface area contributed by atoms with Crippen molar-refractivity contribution < 1.29 is 9.18 Å². The van der Waals surface area contributed by atoms with Crippen LogP contribution in [0.3, 0.4) is 0 Å². The van der Waals surface area contributed by atoms with Crippen molar-refractivity contribution >= 4 is 11.6 Å². The standard InChI is InChI=1S/C15H22FN3O/c1-11-9-13(17)5-7-19(11)8-6-15(20)18-14-4-2-3-12(16)10-14/h2-4,10-11,13H,5-9,17H2,1H3,(H,18,20). The van der Waals surface area contributed by atoms with E-state index in [1.54, 1.807) is 12.1 Å². The Balaban J connectivity index is 1.78. The van der Waals surface area contributed by atoms with E-state index in [1.165, 1.54) is 12.1 Å². The first-order valence-electron chi connectivity index (χ1n) is 7.09. The van der Waals surface area contributed by atoms with Crippen LogP contribution in [0.15, 0.2) is 24.3 Å². The van der Waals surface area contributed by atoms with Gasteiger partial charge < -0.3 is 16.0 Å². The van der Waals surface area contributed by atoms with Gasteiger partial charge in [-0.1, -0.05) is 6.07 Å². The van der Waals surface area contributed by atoms with Crippen LogP contribution in [0.25, 0.3) is 0 Å². The number of hydrogen-bond acceptors (Lipinski definition) is 3. The topological polar surface area (TPSA) is 58.4 Å². The molecule has 1 aliphatic heterocycles. The van der Waals surface area contributed by atoms with Crippen LogP contribution in [0.1, 0.15) is 26.2 Å². The Kier molecular flexibility index (Phi) is 5.09. The molecule has 1 aromatic rings. The van der Waals surface area contributed by atoms with E-state index in [9.17, 15) is 9.18 Å². The van der Waals surface area contributed by atoms with Crippen LogP contribution in [0.4, 0.5) is 10.1 Å². The first-order chi connectivity index (χ1) is 9.54. The van der Waals surface area contributed by atoms with Gasteiger partial charge in [-0.2, -0.15) is 0 Å². The summed E-state index contributed by atoms with van der Waals surface area (Å²) in [5, 5.41) is 2.72. The molecule has 3 N–H and O–H groups in total. The van der Waals surface area contributed by atoms with Crippen LogP contribution >= 0.6 is 0 Å². The minimum Gasteiger partial charge on any atom is -0.328 e. The third-order valence-corrected chi connectivity index (χ3v) is 3.79. The molecule has 1 aliphatic rings. The van der Waals surface area contributed by atoms with E-state index in [-0.39, 0.29) is 17.8 Å². The number of nitrogens with one attached hydrogen (secondary N) is 1. The summed E-state index contributed by atoms with van der Waals surface area (Å²) in [6.45, 7) is 3.80. The lowest BCUT2D eigenvalue weighted by Gasteiger charge is -2.36. The molecule has 0 saturated carbocycles. The fourth-order valence-electron chi connectivity index (χ4n) is 2.62. The lowest BCUT2D eigenvalue weighted by atomic mass is 9.99. The highest BCUT2D eigenvalue weighted by atomic mass is 19.1. The highest BCUT2D eigenvalue weighted by Crippen LogP contribution is 2.16. The van der Waals surface area contributed by atoms with E-state index in [0.717, 1.165) is 25.9 Å². The zero-order chi connectivity index (χ0) is 14.5.